The second-order valence-corrected chi connectivity index (χ2v) is 6.39. The number of aromatic hydroxyl groups is 1. The molecule has 5 nitrogen and oxygen atoms in total. The number of phenolic OH excluding ortho intramolecular Hbond substituents is 1. The molecule has 132 valence electrons. The van der Waals surface area contributed by atoms with E-state index in [1.807, 2.05) is 17.0 Å². The maximum atomic E-state index is 13.7. The van der Waals surface area contributed by atoms with Crippen LogP contribution in [-0.4, -0.2) is 48.6 Å². The second kappa shape index (κ2) is 7.72. The summed E-state index contributed by atoms with van der Waals surface area (Å²) in [5, 5.41) is 12.2. The highest BCUT2D eigenvalue weighted by Crippen LogP contribution is 2.20. The first-order valence-electron chi connectivity index (χ1n) is 8.02. The standard InChI is InChI=1S/C18H19ClFN3O2/c19-13-1-6-17(16(20)11-13)21-18(25)12-22-7-9-23(10-8-22)14-2-4-15(24)5-3-14/h1-6,11,24H,7-10,12H2,(H,21,25). The fraction of sp³-hybridized carbons (Fsp3) is 0.278. The molecule has 7 heteroatoms. The van der Waals surface area contributed by atoms with Crippen LogP contribution < -0.4 is 10.2 Å². The molecule has 3 rings (SSSR count). The summed E-state index contributed by atoms with van der Waals surface area (Å²) in [5.41, 5.74) is 1.18. The topological polar surface area (TPSA) is 55.8 Å². The van der Waals surface area contributed by atoms with Crippen LogP contribution in [0.3, 0.4) is 0 Å². The lowest BCUT2D eigenvalue weighted by Gasteiger charge is -2.35. The van der Waals surface area contributed by atoms with Gasteiger partial charge in [-0.1, -0.05) is 11.6 Å². The summed E-state index contributed by atoms with van der Waals surface area (Å²) < 4.78 is 13.7. The first-order valence-corrected chi connectivity index (χ1v) is 8.40. The van der Waals surface area contributed by atoms with Crippen LogP contribution in [0.25, 0.3) is 0 Å². The molecule has 25 heavy (non-hydrogen) atoms. The fourth-order valence-corrected chi connectivity index (χ4v) is 2.97. The Hall–Kier alpha value is -2.31. The Labute approximate surface area is 150 Å². The molecule has 0 atom stereocenters. The van der Waals surface area contributed by atoms with Crippen molar-refractivity contribution in [1.82, 2.24) is 4.90 Å². The number of benzene rings is 2. The molecule has 1 amide bonds. The fourth-order valence-electron chi connectivity index (χ4n) is 2.81. The molecule has 0 bridgehead atoms. The van der Waals surface area contributed by atoms with Crippen LogP contribution in [0.5, 0.6) is 5.75 Å². The molecule has 1 aliphatic rings. The summed E-state index contributed by atoms with van der Waals surface area (Å²) in [7, 11) is 0. The molecule has 0 saturated carbocycles. The number of piperazine rings is 1. The first-order chi connectivity index (χ1) is 12.0. The van der Waals surface area contributed by atoms with Crippen molar-refractivity contribution < 1.29 is 14.3 Å². The molecule has 1 saturated heterocycles. The van der Waals surface area contributed by atoms with E-state index in [0.717, 1.165) is 31.9 Å². The third kappa shape index (κ3) is 4.61. The van der Waals surface area contributed by atoms with Crippen molar-refractivity contribution in [1.29, 1.82) is 0 Å². The Bertz CT molecular complexity index is 746. The summed E-state index contributed by atoms with van der Waals surface area (Å²) in [5.74, 6) is -0.550. The SMILES string of the molecule is O=C(CN1CCN(c2ccc(O)cc2)CC1)Nc1ccc(Cl)cc1F. The molecule has 0 radical (unpaired) electrons. The number of hydrogen-bond acceptors (Lipinski definition) is 4. The van der Waals surface area contributed by atoms with Crippen LogP contribution in [0.2, 0.25) is 5.02 Å². The van der Waals surface area contributed by atoms with E-state index < -0.39 is 5.82 Å². The summed E-state index contributed by atoms with van der Waals surface area (Å²) in [6, 6.07) is 11.2. The van der Waals surface area contributed by atoms with Gasteiger partial charge in [0, 0.05) is 36.9 Å². The highest BCUT2D eigenvalue weighted by atomic mass is 35.5. The van der Waals surface area contributed by atoms with E-state index in [1.165, 1.54) is 18.2 Å². The predicted molar refractivity (Wildman–Crippen MR) is 96.8 cm³/mol. The smallest absolute Gasteiger partial charge is 0.238 e. The third-order valence-electron chi connectivity index (χ3n) is 4.16. The zero-order valence-corrected chi connectivity index (χ0v) is 14.3. The van der Waals surface area contributed by atoms with Crippen LogP contribution in [-0.2, 0) is 4.79 Å². The van der Waals surface area contributed by atoms with Crippen molar-refractivity contribution in [3.8, 4) is 5.75 Å². The second-order valence-electron chi connectivity index (χ2n) is 5.95. The number of anilines is 2. The largest absolute Gasteiger partial charge is 0.508 e. The quantitative estimate of drug-likeness (QED) is 0.877. The van der Waals surface area contributed by atoms with Gasteiger partial charge in [0.15, 0.2) is 0 Å². The number of rotatable bonds is 4. The van der Waals surface area contributed by atoms with Gasteiger partial charge in [-0.3, -0.25) is 9.69 Å². The lowest BCUT2D eigenvalue weighted by molar-refractivity contribution is -0.117. The van der Waals surface area contributed by atoms with Crippen molar-refractivity contribution in [2.75, 3.05) is 42.9 Å². The number of carbonyl (C=O) groups excluding carboxylic acids is 1. The van der Waals surface area contributed by atoms with Crippen LogP contribution in [0.4, 0.5) is 15.8 Å². The molecule has 0 spiro atoms. The number of nitrogens with one attached hydrogen (secondary N) is 1. The zero-order valence-electron chi connectivity index (χ0n) is 13.6. The van der Waals surface area contributed by atoms with Crippen molar-refractivity contribution >= 4 is 28.9 Å². The minimum Gasteiger partial charge on any atom is -0.508 e. The van der Waals surface area contributed by atoms with E-state index in [4.69, 9.17) is 11.6 Å². The lowest BCUT2D eigenvalue weighted by Crippen LogP contribution is -2.48. The van der Waals surface area contributed by atoms with Gasteiger partial charge < -0.3 is 15.3 Å². The summed E-state index contributed by atoms with van der Waals surface area (Å²) >= 11 is 5.70. The average molecular weight is 364 g/mol. The minimum atomic E-state index is -0.544. The maximum absolute atomic E-state index is 13.7. The van der Waals surface area contributed by atoms with Crippen LogP contribution in [0, 0.1) is 5.82 Å². The molecule has 1 fully saturated rings. The van der Waals surface area contributed by atoms with Gasteiger partial charge in [0.05, 0.1) is 12.2 Å². The van der Waals surface area contributed by atoms with Crippen molar-refractivity contribution in [3.05, 3.63) is 53.3 Å². The normalized spacial score (nSPS) is 15.2. The van der Waals surface area contributed by atoms with E-state index in [0.29, 0.717) is 5.02 Å². The monoisotopic (exact) mass is 363 g/mol. The van der Waals surface area contributed by atoms with E-state index in [1.54, 1.807) is 12.1 Å². The van der Waals surface area contributed by atoms with Gasteiger partial charge in [-0.15, -0.1) is 0 Å². The highest BCUT2D eigenvalue weighted by molar-refractivity contribution is 6.30. The van der Waals surface area contributed by atoms with Crippen LogP contribution >= 0.6 is 11.6 Å². The van der Waals surface area contributed by atoms with Gasteiger partial charge in [0.25, 0.3) is 0 Å². The summed E-state index contributed by atoms with van der Waals surface area (Å²) in [6.07, 6.45) is 0. The molecule has 0 aromatic heterocycles. The van der Waals surface area contributed by atoms with Crippen LogP contribution in [0.1, 0.15) is 0 Å². The Balaban J connectivity index is 1.50. The molecule has 2 N–H and O–H groups in total. The average Bonchev–Trinajstić information content (AvgIpc) is 2.59. The zero-order chi connectivity index (χ0) is 17.8. The van der Waals surface area contributed by atoms with Crippen molar-refractivity contribution in [2.45, 2.75) is 0 Å². The van der Waals surface area contributed by atoms with E-state index in [-0.39, 0.29) is 23.9 Å². The molecule has 1 heterocycles. The van der Waals surface area contributed by atoms with Crippen molar-refractivity contribution in [3.63, 3.8) is 0 Å². The summed E-state index contributed by atoms with van der Waals surface area (Å²) in [6.45, 7) is 3.25. The lowest BCUT2D eigenvalue weighted by atomic mass is 10.2. The number of hydrogen-bond donors (Lipinski definition) is 2. The highest BCUT2D eigenvalue weighted by Gasteiger charge is 2.19. The van der Waals surface area contributed by atoms with E-state index >= 15 is 0 Å². The van der Waals surface area contributed by atoms with Crippen LogP contribution in [0.15, 0.2) is 42.5 Å². The Morgan fingerprint density at radius 1 is 1.12 bits per heavy atom. The van der Waals surface area contributed by atoms with E-state index in [9.17, 15) is 14.3 Å². The Morgan fingerprint density at radius 3 is 2.44 bits per heavy atom. The molecular formula is C18H19ClFN3O2. The van der Waals surface area contributed by atoms with E-state index in [2.05, 4.69) is 10.2 Å². The van der Waals surface area contributed by atoms with Gasteiger partial charge >= 0.3 is 0 Å². The van der Waals surface area contributed by atoms with Gasteiger partial charge in [0.1, 0.15) is 11.6 Å². The molecule has 0 aliphatic carbocycles. The molecular weight excluding hydrogens is 345 g/mol. The number of halogens is 2. The molecule has 1 aliphatic heterocycles. The van der Waals surface area contributed by atoms with Gasteiger partial charge in [0.2, 0.25) is 5.91 Å². The predicted octanol–water partition coefficient (Wildman–Crippen LogP) is 2.95. The Morgan fingerprint density at radius 2 is 1.80 bits per heavy atom. The number of nitrogens with zero attached hydrogens (tertiary/aromatic N) is 2. The number of carbonyl (C=O) groups is 1. The Kier molecular flexibility index (Phi) is 5.40. The number of amides is 1. The van der Waals surface area contributed by atoms with Gasteiger partial charge in [-0.25, -0.2) is 4.39 Å². The molecule has 2 aromatic carbocycles. The number of phenols is 1. The molecule has 0 unspecified atom stereocenters. The first kappa shape index (κ1) is 17.5. The summed E-state index contributed by atoms with van der Waals surface area (Å²) in [4.78, 5) is 16.3. The minimum absolute atomic E-state index is 0.136. The van der Waals surface area contributed by atoms with Gasteiger partial charge in [-0.05, 0) is 42.5 Å². The van der Waals surface area contributed by atoms with Crippen molar-refractivity contribution in [2.24, 2.45) is 0 Å². The third-order valence-corrected chi connectivity index (χ3v) is 4.39. The maximum Gasteiger partial charge on any atom is 0.238 e. The molecule has 2 aromatic rings. The van der Waals surface area contributed by atoms with Gasteiger partial charge in [-0.2, -0.15) is 0 Å².